The zero-order valence-corrected chi connectivity index (χ0v) is 19.8. The second kappa shape index (κ2) is 10.6. The molecule has 0 saturated heterocycles. The van der Waals surface area contributed by atoms with Gasteiger partial charge in [0.15, 0.2) is 0 Å². The molecule has 2 amide bonds. The minimum absolute atomic E-state index is 0.0300. The molecule has 1 atom stereocenters. The summed E-state index contributed by atoms with van der Waals surface area (Å²) in [4.78, 5) is 36.4. The van der Waals surface area contributed by atoms with Gasteiger partial charge in [-0.3, -0.25) is 4.79 Å². The van der Waals surface area contributed by atoms with Crippen molar-refractivity contribution < 1.29 is 24.2 Å². The lowest BCUT2D eigenvalue weighted by Gasteiger charge is -2.18. The highest BCUT2D eigenvalue weighted by molar-refractivity contribution is 6.31. The van der Waals surface area contributed by atoms with Gasteiger partial charge in [0.05, 0.1) is 11.5 Å². The van der Waals surface area contributed by atoms with Crippen molar-refractivity contribution in [1.82, 2.24) is 5.32 Å². The fraction of sp³-hybridized carbons (Fsp3) is 0.222. The fourth-order valence-electron chi connectivity index (χ4n) is 4.31. The first-order valence-electron chi connectivity index (χ1n) is 11.3. The number of hydrogen-bond donors (Lipinski definition) is 3. The highest BCUT2D eigenvalue weighted by Gasteiger charge is 2.29. The van der Waals surface area contributed by atoms with E-state index in [0.717, 1.165) is 22.3 Å². The highest BCUT2D eigenvalue weighted by Crippen LogP contribution is 2.44. The maximum atomic E-state index is 12.7. The van der Waals surface area contributed by atoms with Crippen molar-refractivity contribution in [3.05, 3.63) is 88.4 Å². The van der Waals surface area contributed by atoms with Crippen LogP contribution in [0.15, 0.2) is 66.7 Å². The average Bonchev–Trinajstić information content (AvgIpc) is 3.16. The highest BCUT2D eigenvalue weighted by atomic mass is 35.5. The van der Waals surface area contributed by atoms with E-state index in [4.69, 9.17) is 16.3 Å². The second-order valence-electron chi connectivity index (χ2n) is 8.33. The van der Waals surface area contributed by atoms with E-state index < -0.39 is 18.0 Å². The molecule has 3 aromatic rings. The van der Waals surface area contributed by atoms with Crippen molar-refractivity contribution in [3.8, 4) is 11.1 Å². The number of benzene rings is 3. The normalized spacial score (nSPS) is 12.9. The van der Waals surface area contributed by atoms with E-state index in [0.29, 0.717) is 6.42 Å². The van der Waals surface area contributed by atoms with Gasteiger partial charge in [-0.15, -0.1) is 0 Å². The first-order chi connectivity index (χ1) is 16.9. The van der Waals surface area contributed by atoms with Gasteiger partial charge < -0.3 is 20.5 Å². The van der Waals surface area contributed by atoms with Crippen LogP contribution < -0.4 is 10.6 Å². The molecule has 180 valence electrons. The van der Waals surface area contributed by atoms with E-state index in [-0.39, 0.29) is 41.3 Å². The molecule has 4 rings (SSSR count). The summed E-state index contributed by atoms with van der Waals surface area (Å²) in [5, 5.41) is 14.7. The summed E-state index contributed by atoms with van der Waals surface area (Å²) >= 11 is 5.96. The van der Waals surface area contributed by atoms with Crippen LogP contribution >= 0.6 is 11.6 Å². The van der Waals surface area contributed by atoms with Crippen LogP contribution in [-0.4, -0.2) is 36.2 Å². The van der Waals surface area contributed by atoms with Crippen molar-refractivity contribution in [2.24, 2.45) is 5.92 Å². The molecule has 8 heteroatoms. The molecule has 0 spiro atoms. The van der Waals surface area contributed by atoms with Crippen molar-refractivity contribution in [2.45, 2.75) is 19.3 Å². The van der Waals surface area contributed by atoms with Crippen LogP contribution in [0.3, 0.4) is 0 Å². The van der Waals surface area contributed by atoms with Crippen LogP contribution in [0, 0.1) is 5.92 Å². The van der Waals surface area contributed by atoms with Gasteiger partial charge in [0.2, 0.25) is 5.91 Å². The molecule has 3 aromatic carbocycles. The van der Waals surface area contributed by atoms with Crippen LogP contribution in [0.4, 0.5) is 10.5 Å². The Morgan fingerprint density at radius 1 is 1.00 bits per heavy atom. The van der Waals surface area contributed by atoms with Crippen LogP contribution in [0.5, 0.6) is 0 Å². The minimum atomic E-state index is -1.15. The molecule has 35 heavy (non-hydrogen) atoms. The summed E-state index contributed by atoms with van der Waals surface area (Å²) < 4.78 is 5.53. The number of anilines is 1. The van der Waals surface area contributed by atoms with Gasteiger partial charge in [-0.25, -0.2) is 9.59 Å². The molecule has 0 heterocycles. The molecule has 0 radical (unpaired) electrons. The summed E-state index contributed by atoms with van der Waals surface area (Å²) in [5.41, 5.74) is 4.78. The van der Waals surface area contributed by atoms with Gasteiger partial charge in [-0.2, -0.15) is 0 Å². The molecule has 0 saturated carbocycles. The number of halogens is 1. The van der Waals surface area contributed by atoms with Gasteiger partial charge in [-0.1, -0.05) is 67.1 Å². The average molecular weight is 493 g/mol. The Bertz CT molecular complexity index is 1230. The summed E-state index contributed by atoms with van der Waals surface area (Å²) in [7, 11) is 0. The molecule has 0 aliphatic heterocycles. The van der Waals surface area contributed by atoms with Crippen LogP contribution in [0.1, 0.15) is 40.7 Å². The third-order valence-electron chi connectivity index (χ3n) is 6.11. The Morgan fingerprint density at radius 2 is 1.63 bits per heavy atom. The zero-order valence-electron chi connectivity index (χ0n) is 19.1. The van der Waals surface area contributed by atoms with Crippen LogP contribution in [0.2, 0.25) is 5.02 Å². The molecule has 0 bridgehead atoms. The quantitative estimate of drug-likeness (QED) is 0.383. The summed E-state index contributed by atoms with van der Waals surface area (Å²) in [6, 6.07) is 20.3. The fourth-order valence-corrected chi connectivity index (χ4v) is 4.54. The number of carboxylic acid groups (broad SMARTS) is 1. The lowest BCUT2D eigenvalue weighted by atomic mass is 9.98. The number of amides is 2. The zero-order chi connectivity index (χ0) is 24.9. The van der Waals surface area contributed by atoms with Crippen LogP contribution in [0.25, 0.3) is 11.1 Å². The van der Waals surface area contributed by atoms with Crippen molar-refractivity contribution >= 4 is 35.3 Å². The number of carbonyl (C=O) groups is 3. The van der Waals surface area contributed by atoms with E-state index in [1.54, 1.807) is 0 Å². The predicted octanol–water partition coefficient (Wildman–Crippen LogP) is 5.54. The summed E-state index contributed by atoms with van der Waals surface area (Å²) in [6.45, 7) is 2.08. The third-order valence-corrected chi connectivity index (χ3v) is 6.33. The van der Waals surface area contributed by atoms with Gasteiger partial charge in [0.1, 0.15) is 6.61 Å². The maximum Gasteiger partial charge on any atom is 0.407 e. The van der Waals surface area contributed by atoms with Gasteiger partial charge in [0, 0.05) is 23.2 Å². The minimum Gasteiger partial charge on any atom is -0.478 e. The Labute approximate surface area is 208 Å². The topological polar surface area (TPSA) is 105 Å². The number of ether oxygens (including phenoxy) is 1. The molecule has 1 aliphatic carbocycles. The lowest BCUT2D eigenvalue weighted by Crippen LogP contribution is -2.36. The molecule has 0 fully saturated rings. The molecule has 0 aromatic heterocycles. The largest absolute Gasteiger partial charge is 0.478 e. The van der Waals surface area contributed by atoms with Crippen molar-refractivity contribution in [2.75, 3.05) is 18.5 Å². The molecular formula is C27H25ClN2O5. The second-order valence-corrected chi connectivity index (χ2v) is 8.77. The number of carboxylic acids is 1. The molecule has 1 aliphatic rings. The van der Waals surface area contributed by atoms with E-state index in [1.807, 2.05) is 43.3 Å². The smallest absolute Gasteiger partial charge is 0.407 e. The monoisotopic (exact) mass is 492 g/mol. The number of alkyl carbamates (subject to hydrolysis) is 1. The number of hydrogen-bond acceptors (Lipinski definition) is 4. The summed E-state index contributed by atoms with van der Waals surface area (Å²) in [5.74, 6) is -2.09. The van der Waals surface area contributed by atoms with Crippen molar-refractivity contribution in [1.29, 1.82) is 0 Å². The lowest BCUT2D eigenvalue weighted by molar-refractivity contribution is -0.119. The maximum absolute atomic E-state index is 12.7. The molecule has 3 N–H and O–H groups in total. The Kier molecular flexibility index (Phi) is 7.36. The van der Waals surface area contributed by atoms with Gasteiger partial charge >= 0.3 is 12.1 Å². The Balaban J connectivity index is 1.33. The van der Waals surface area contributed by atoms with Gasteiger partial charge in [-0.05, 0) is 46.9 Å². The number of nitrogens with one attached hydrogen (secondary N) is 2. The SMILES string of the molecule is CCC(CNC(=O)OCC1c2ccccc2-c2ccccc21)C(=O)Nc1cc(Cl)cc(C(=O)O)c1. The molecule has 1 unspecified atom stereocenters. The van der Waals surface area contributed by atoms with E-state index in [9.17, 15) is 19.5 Å². The van der Waals surface area contributed by atoms with E-state index >= 15 is 0 Å². The predicted molar refractivity (Wildman–Crippen MR) is 134 cm³/mol. The standard InChI is InChI=1S/C27H25ClN2O5/c1-2-16(25(31)30-19-12-17(26(32)33)11-18(28)13-19)14-29-27(34)35-15-24-22-9-5-3-7-20(22)21-8-4-6-10-23(21)24/h3-13,16,24H,2,14-15H2,1H3,(H,29,34)(H,30,31)(H,32,33). The number of carbonyl (C=O) groups excluding carboxylic acids is 2. The first kappa shape index (κ1) is 24.3. The first-order valence-corrected chi connectivity index (χ1v) is 11.7. The number of fused-ring (bicyclic) bond motifs is 3. The number of rotatable bonds is 8. The molecule has 7 nitrogen and oxygen atoms in total. The van der Waals surface area contributed by atoms with E-state index in [1.165, 1.54) is 18.2 Å². The summed E-state index contributed by atoms with van der Waals surface area (Å²) in [6.07, 6.45) is -0.143. The third kappa shape index (κ3) is 5.46. The Morgan fingerprint density at radius 3 is 2.23 bits per heavy atom. The Hall–Kier alpha value is -3.84. The number of aromatic carboxylic acids is 1. The van der Waals surface area contributed by atoms with E-state index in [2.05, 4.69) is 22.8 Å². The van der Waals surface area contributed by atoms with Crippen LogP contribution in [-0.2, 0) is 9.53 Å². The molecular weight excluding hydrogens is 468 g/mol. The van der Waals surface area contributed by atoms with Gasteiger partial charge in [0.25, 0.3) is 0 Å². The van der Waals surface area contributed by atoms with Crippen molar-refractivity contribution in [3.63, 3.8) is 0 Å².